The first-order valence-electron chi connectivity index (χ1n) is 12.3. The minimum Gasteiger partial charge on any atom is -0.354 e. The van der Waals surface area contributed by atoms with E-state index >= 15 is 0 Å². The third kappa shape index (κ3) is 7.54. The third-order valence-corrected chi connectivity index (χ3v) is 7.89. The molecule has 1 N–H and O–H groups in total. The van der Waals surface area contributed by atoms with Crippen molar-refractivity contribution in [2.45, 2.75) is 60.0 Å². The fourth-order valence-electron chi connectivity index (χ4n) is 3.82. The van der Waals surface area contributed by atoms with Gasteiger partial charge in [-0.1, -0.05) is 55.3 Å². The zero-order valence-corrected chi connectivity index (χ0v) is 23.4. The number of nitrogens with one attached hydrogen (secondary N) is 1. The molecular weight excluding hydrogens is 476 g/mol. The predicted octanol–water partition coefficient (Wildman–Crippen LogP) is 3.56. The Labute approximate surface area is 216 Å². The van der Waals surface area contributed by atoms with Crippen LogP contribution in [0.1, 0.15) is 48.9 Å². The largest absolute Gasteiger partial charge is 0.354 e. The minimum atomic E-state index is -3.98. The van der Waals surface area contributed by atoms with Crippen LogP contribution in [0.3, 0.4) is 0 Å². The lowest BCUT2D eigenvalue weighted by atomic mass is 10.1. The van der Waals surface area contributed by atoms with E-state index in [1.165, 1.54) is 19.0 Å². The van der Waals surface area contributed by atoms with E-state index in [1.54, 1.807) is 13.0 Å². The number of hydrogen-bond acceptors (Lipinski definition) is 4. The third-order valence-electron chi connectivity index (χ3n) is 6.08. The van der Waals surface area contributed by atoms with Crippen molar-refractivity contribution < 1.29 is 18.0 Å². The number of carbonyl (C=O) groups excluding carboxylic acids is 2. The molecule has 0 spiro atoms. The van der Waals surface area contributed by atoms with Crippen LogP contribution >= 0.6 is 0 Å². The molecule has 0 unspecified atom stereocenters. The quantitative estimate of drug-likeness (QED) is 0.437. The van der Waals surface area contributed by atoms with Crippen LogP contribution < -0.4 is 9.62 Å². The number of carbonyl (C=O) groups is 2. The number of benzene rings is 2. The van der Waals surface area contributed by atoms with Crippen molar-refractivity contribution in [1.29, 1.82) is 0 Å². The number of rotatable bonds is 12. The smallest absolute Gasteiger partial charge is 0.304 e. The molecule has 36 heavy (non-hydrogen) atoms. The molecule has 2 aromatic carbocycles. The molecule has 0 aliphatic heterocycles. The van der Waals surface area contributed by atoms with Gasteiger partial charge in [0.05, 0.1) is 5.69 Å². The van der Waals surface area contributed by atoms with Crippen LogP contribution in [0.2, 0.25) is 0 Å². The SMILES string of the molecule is CCCCNC(=O)[C@@H](C)N(Cc1cccc(C)c1)C(=O)CN(c1cc(C)ccc1C)S(=O)(=O)N(C)C. The molecule has 0 aromatic heterocycles. The first-order chi connectivity index (χ1) is 16.9. The van der Waals surface area contributed by atoms with E-state index < -0.39 is 28.7 Å². The van der Waals surface area contributed by atoms with Gasteiger partial charge in [-0.15, -0.1) is 0 Å². The first kappa shape index (κ1) is 29.3. The van der Waals surface area contributed by atoms with Gasteiger partial charge in [0.1, 0.15) is 12.6 Å². The van der Waals surface area contributed by atoms with E-state index in [2.05, 4.69) is 5.32 Å². The maximum atomic E-state index is 13.8. The maximum absolute atomic E-state index is 13.8. The average molecular weight is 517 g/mol. The molecule has 0 heterocycles. The van der Waals surface area contributed by atoms with Crippen LogP contribution in [-0.4, -0.2) is 62.7 Å². The van der Waals surface area contributed by atoms with E-state index in [0.29, 0.717) is 12.2 Å². The molecule has 0 saturated heterocycles. The topological polar surface area (TPSA) is 90.0 Å². The molecule has 1 atom stereocenters. The summed E-state index contributed by atoms with van der Waals surface area (Å²) < 4.78 is 28.9. The van der Waals surface area contributed by atoms with Gasteiger partial charge in [-0.2, -0.15) is 12.7 Å². The van der Waals surface area contributed by atoms with Crippen LogP contribution in [0.15, 0.2) is 42.5 Å². The summed E-state index contributed by atoms with van der Waals surface area (Å²) in [4.78, 5) is 28.2. The summed E-state index contributed by atoms with van der Waals surface area (Å²) in [5.41, 5.74) is 3.95. The summed E-state index contributed by atoms with van der Waals surface area (Å²) in [6.07, 6.45) is 1.78. The molecule has 0 aliphatic carbocycles. The molecule has 0 saturated carbocycles. The Kier molecular flexibility index (Phi) is 10.5. The van der Waals surface area contributed by atoms with Crippen LogP contribution in [-0.2, 0) is 26.3 Å². The zero-order chi connectivity index (χ0) is 27.0. The number of hydrogen-bond donors (Lipinski definition) is 1. The highest BCUT2D eigenvalue weighted by atomic mass is 32.2. The Morgan fingerprint density at radius 2 is 1.67 bits per heavy atom. The molecule has 0 radical (unpaired) electrons. The van der Waals surface area contributed by atoms with E-state index in [9.17, 15) is 18.0 Å². The standard InChI is InChI=1S/C27H40N4O4S/c1-8-9-15-28-27(33)23(5)30(18-24-12-10-11-20(2)16-24)26(32)19-31(36(34,35)29(6)7)25-17-21(3)13-14-22(25)4/h10-14,16-17,23H,8-9,15,18-19H2,1-7H3,(H,28,33)/t23-/m1/s1. The molecule has 2 rings (SSSR count). The van der Waals surface area contributed by atoms with Crippen LogP contribution in [0.4, 0.5) is 5.69 Å². The van der Waals surface area contributed by atoms with Crippen molar-refractivity contribution in [3.8, 4) is 0 Å². The normalized spacial score (nSPS) is 12.3. The number of nitrogens with zero attached hydrogens (tertiary/aromatic N) is 3. The molecule has 9 heteroatoms. The van der Waals surface area contributed by atoms with Crippen molar-refractivity contribution in [3.05, 3.63) is 64.7 Å². The monoisotopic (exact) mass is 516 g/mol. The van der Waals surface area contributed by atoms with Gasteiger partial charge in [-0.25, -0.2) is 4.31 Å². The zero-order valence-electron chi connectivity index (χ0n) is 22.5. The lowest BCUT2D eigenvalue weighted by molar-refractivity contribution is -0.139. The fraction of sp³-hybridized carbons (Fsp3) is 0.481. The van der Waals surface area contributed by atoms with Gasteiger partial charge in [0.25, 0.3) is 0 Å². The summed E-state index contributed by atoms with van der Waals surface area (Å²) >= 11 is 0. The van der Waals surface area contributed by atoms with Crippen molar-refractivity contribution in [1.82, 2.24) is 14.5 Å². The minimum absolute atomic E-state index is 0.186. The highest BCUT2D eigenvalue weighted by molar-refractivity contribution is 7.90. The Morgan fingerprint density at radius 3 is 2.28 bits per heavy atom. The van der Waals surface area contributed by atoms with Gasteiger partial charge in [-0.3, -0.25) is 9.59 Å². The highest BCUT2D eigenvalue weighted by Gasteiger charge is 2.33. The summed E-state index contributed by atoms with van der Waals surface area (Å²) in [6, 6.07) is 12.4. The summed E-state index contributed by atoms with van der Waals surface area (Å²) in [6.45, 7) is 9.64. The van der Waals surface area contributed by atoms with Crippen molar-refractivity contribution in [2.75, 3.05) is 31.5 Å². The molecule has 8 nitrogen and oxygen atoms in total. The van der Waals surface area contributed by atoms with E-state index in [-0.39, 0.29) is 12.5 Å². The predicted molar refractivity (Wildman–Crippen MR) is 145 cm³/mol. The first-order valence-corrected chi connectivity index (χ1v) is 13.7. The highest BCUT2D eigenvalue weighted by Crippen LogP contribution is 2.26. The Bertz CT molecular complexity index is 1160. The summed E-state index contributed by atoms with van der Waals surface area (Å²) in [5.74, 6) is -0.723. The van der Waals surface area contributed by atoms with Crippen molar-refractivity contribution in [2.24, 2.45) is 0 Å². The molecule has 198 valence electrons. The van der Waals surface area contributed by atoms with E-state index in [4.69, 9.17) is 0 Å². The molecular formula is C27H40N4O4S. The molecule has 0 bridgehead atoms. The Hall–Kier alpha value is -2.91. The Balaban J connectivity index is 2.47. The van der Waals surface area contributed by atoms with Gasteiger partial charge in [0.2, 0.25) is 11.8 Å². The van der Waals surface area contributed by atoms with Crippen LogP contribution in [0.5, 0.6) is 0 Å². The van der Waals surface area contributed by atoms with Gasteiger partial charge < -0.3 is 10.2 Å². The number of aryl methyl sites for hydroxylation is 3. The summed E-state index contributed by atoms with van der Waals surface area (Å²) in [5, 5.41) is 2.89. The van der Waals surface area contributed by atoms with Gasteiger partial charge in [0, 0.05) is 27.2 Å². The fourth-order valence-corrected chi connectivity index (χ4v) is 4.93. The van der Waals surface area contributed by atoms with E-state index in [0.717, 1.165) is 43.7 Å². The molecule has 2 aromatic rings. The van der Waals surface area contributed by atoms with Crippen molar-refractivity contribution >= 4 is 27.7 Å². The number of amides is 2. The second-order valence-electron chi connectivity index (χ2n) is 9.42. The van der Waals surface area contributed by atoms with Gasteiger partial charge in [0.15, 0.2) is 0 Å². The summed E-state index contributed by atoms with van der Waals surface area (Å²) in [7, 11) is -1.11. The lowest BCUT2D eigenvalue weighted by Gasteiger charge is -2.33. The second-order valence-corrected chi connectivity index (χ2v) is 11.5. The second kappa shape index (κ2) is 12.9. The van der Waals surface area contributed by atoms with Gasteiger partial charge in [-0.05, 0) is 56.9 Å². The molecule has 2 amide bonds. The number of anilines is 1. The van der Waals surface area contributed by atoms with Crippen LogP contribution in [0, 0.1) is 20.8 Å². The number of unbranched alkanes of at least 4 members (excludes halogenated alkanes) is 1. The van der Waals surface area contributed by atoms with Gasteiger partial charge >= 0.3 is 10.2 Å². The molecule has 0 fully saturated rings. The average Bonchev–Trinajstić information content (AvgIpc) is 2.82. The van der Waals surface area contributed by atoms with Crippen molar-refractivity contribution in [3.63, 3.8) is 0 Å². The molecule has 0 aliphatic rings. The van der Waals surface area contributed by atoms with E-state index in [1.807, 2.05) is 64.1 Å². The Morgan fingerprint density at radius 1 is 1.00 bits per heavy atom. The lowest BCUT2D eigenvalue weighted by Crippen LogP contribution is -2.52. The van der Waals surface area contributed by atoms with Crippen LogP contribution in [0.25, 0.3) is 0 Å². The maximum Gasteiger partial charge on any atom is 0.304 e.